The largest absolute Gasteiger partial charge is 0.381 e. The molecule has 114 valence electrons. The van der Waals surface area contributed by atoms with Crippen molar-refractivity contribution < 1.29 is 9.53 Å². The number of urea groups is 1. The molecule has 1 aromatic rings. The maximum atomic E-state index is 12.3. The van der Waals surface area contributed by atoms with Crippen molar-refractivity contribution in [2.24, 2.45) is 5.92 Å². The van der Waals surface area contributed by atoms with Crippen LogP contribution in [0.2, 0.25) is 0 Å². The minimum Gasteiger partial charge on any atom is -0.381 e. The number of methoxy groups -OCH3 is 1. The van der Waals surface area contributed by atoms with E-state index in [0.29, 0.717) is 12.0 Å². The molecule has 21 heavy (non-hydrogen) atoms. The second kappa shape index (κ2) is 6.48. The summed E-state index contributed by atoms with van der Waals surface area (Å²) < 4.78 is 5.39. The van der Waals surface area contributed by atoms with E-state index in [2.05, 4.69) is 17.4 Å². The van der Waals surface area contributed by atoms with Crippen LogP contribution in [-0.2, 0) is 17.8 Å². The molecule has 0 radical (unpaired) electrons. The number of nitrogens with one attached hydrogen (secondary N) is 1. The van der Waals surface area contributed by atoms with E-state index in [-0.39, 0.29) is 6.03 Å². The molecule has 1 aliphatic heterocycles. The summed E-state index contributed by atoms with van der Waals surface area (Å²) in [5.41, 5.74) is 2.54. The highest BCUT2D eigenvalue weighted by Gasteiger charge is 2.25. The van der Waals surface area contributed by atoms with Gasteiger partial charge >= 0.3 is 6.03 Å². The second-order valence-corrected chi connectivity index (χ2v) is 6.19. The van der Waals surface area contributed by atoms with Gasteiger partial charge in [-0.3, -0.25) is 0 Å². The molecule has 0 atom stereocenters. The Labute approximate surface area is 126 Å². The number of rotatable bonds is 3. The first-order chi connectivity index (χ1) is 10.3. The number of hydrogen-bond acceptors (Lipinski definition) is 2. The molecule has 1 aromatic carbocycles. The van der Waals surface area contributed by atoms with E-state index in [0.717, 1.165) is 45.3 Å². The molecule has 0 bridgehead atoms. The lowest BCUT2D eigenvalue weighted by Gasteiger charge is -2.28. The predicted molar refractivity (Wildman–Crippen MR) is 81.8 cm³/mol. The highest BCUT2D eigenvalue weighted by molar-refractivity contribution is 5.75. The van der Waals surface area contributed by atoms with E-state index in [4.69, 9.17) is 4.74 Å². The third-order valence-electron chi connectivity index (χ3n) is 4.80. The van der Waals surface area contributed by atoms with Gasteiger partial charge in [0.05, 0.1) is 6.10 Å². The molecule has 3 rings (SSSR count). The fourth-order valence-corrected chi connectivity index (χ4v) is 3.39. The van der Waals surface area contributed by atoms with Gasteiger partial charge < -0.3 is 15.0 Å². The summed E-state index contributed by atoms with van der Waals surface area (Å²) in [6.07, 6.45) is 4.96. The number of benzene rings is 1. The Morgan fingerprint density at radius 2 is 1.81 bits per heavy atom. The Hall–Kier alpha value is -1.55. The zero-order chi connectivity index (χ0) is 14.7. The van der Waals surface area contributed by atoms with Crippen LogP contribution < -0.4 is 5.32 Å². The average molecular weight is 288 g/mol. The van der Waals surface area contributed by atoms with Gasteiger partial charge in [0, 0.05) is 26.7 Å². The van der Waals surface area contributed by atoms with E-state index >= 15 is 0 Å². The zero-order valence-corrected chi connectivity index (χ0v) is 12.7. The summed E-state index contributed by atoms with van der Waals surface area (Å²) in [7, 11) is 1.79. The van der Waals surface area contributed by atoms with Crippen molar-refractivity contribution in [3.05, 3.63) is 35.4 Å². The Morgan fingerprint density at radius 1 is 1.19 bits per heavy atom. The molecule has 0 unspecified atom stereocenters. The van der Waals surface area contributed by atoms with Gasteiger partial charge in [0.2, 0.25) is 0 Å². The fourth-order valence-electron chi connectivity index (χ4n) is 3.39. The molecule has 1 saturated carbocycles. The molecule has 2 aliphatic rings. The van der Waals surface area contributed by atoms with Gasteiger partial charge in [-0.1, -0.05) is 24.3 Å². The van der Waals surface area contributed by atoms with Gasteiger partial charge in [0.1, 0.15) is 0 Å². The van der Waals surface area contributed by atoms with E-state index in [1.54, 1.807) is 7.11 Å². The first-order valence-electron chi connectivity index (χ1n) is 7.88. The first-order valence-corrected chi connectivity index (χ1v) is 7.88. The van der Waals surface area contributed by atoms with E-state index in [1.165, 1.54) is 11.1 Å². The molecule has 1 N–H and O–H groups in total. The second-order valence-electron chi connectivity index (χ2n) is 6.19. The zero-order valence-electron chi connectivity index (χ0n) is 12.7. The standard InChI is InChI=1S/C17H24N2O2/c1-21-16-8-6-13(7-9-16)10-18-17(20)19-11-14-4-2-3-5-15(14)12-19/h2-5,13,16H,6-12H2,1H3,(H,18,20). The van der Waals surface area contributed by atoms with E-state index in [9.17, 15) is 4.79 Å². The van der Waals surface area contributed by atoms with Crippen LogP contribution in [0.15, 0.2) is 24.3 Å². The predicted octanol–water partition coefficient (Wildman–Crippen LogP) is 2.92. The van der Waals surface area contributed by atoms with Crippen molar-refractivity contribution in [3.63, 3.8) is 0 Å². The summed E-state index contributed by atoms with van der Waals surface area (Å²) >= 11 is 0. The van der Waals surface area contributed by atoms with Crippen LogP contribution in [0.5, 0.6) is 0 Å². The minimum absolute atomic E-state index is 0.0695. The minimum atomic E-state index is 0.0695. The summed E-state index contributed by atoms with van der Waals surface area (Å²) in [5.74, 6) is 0.602. The summed E-state index contributed by atoms with van der Waals surface area (Å²) in [4.78, 5) is 14.2. The topological polar surface area (TPSA) is 41.6 Å². The molecular weight excluding hydrogens is 264 g/mol. The third kappa shape index (κ3) is 3.38. The van der Waals surface area contributed by atoms with E-state index < -0.39 is 0 Å². The Morgan fingerprint density at radius 3 is 2.38 bits per heavy atom. The third-order valence-corrected chi connectivity index (χ3v) is 4.80. The number of ether oxygens (including phenoxy) is 1. The molecule has 1 aliphatic carbocycles. The van der Waals surface area contributed by atoms with Crippen LogP contribution in [0.25, 0.3) is 0 Å². The lowest BCUT2D eigenvalue weighted by atomic mass is 9.87. The van der Waals surface area contributed by atoms with Crippen molar-refractivity contribution in [2.75, 3.05) is 13.7 Å². The highest BCUT2D eigenvalue weighted by Crippen LogP contribution is 2.26. The maximum absolute atomic E-state index is 12.3. The molecule has 0 saturated heterocycles. The quantitative estimate of drug-likeness (QED) is 0.929. The van der Waals surface area contributed by atoms with Crippen LogP contribution >= 0.6 is 0 Å². The highest BCUT2D eigenvalue weighted by atomic mass is 16.5. The molecule has 2 amide bonds. The first kappa shape index (κ1) is 14.4. The van der Waals surface area contributed by atoms with Gasteiger partial charge in [-0.15, -0.1) is 0 Å². The number of amides is 2. The fraction of sp³-hybridized carbons (Fsp3) is 0.588. The van der Waals surface area contributed by atoms with Gasteiger partial charge in [-0.25, -0.2) is 4.79 Å². The SMILES string of the molecule is COC1CCC(CNC(=O)N2Cc3ccccc3C2)CC1. The van der Waals surface area contributed by atoms with Crippen molar-refractivity contribution in [3.8, 4) is 0 Å². The summed E-state index contributed by atoms with van der Waals surface area (Å²) in [6, 6.07) is 8.35. The lowest BCUT2D eigenvalue weighted by Crippen LogP contribution is -2.39. The van der Waals surface area contributed by atoms with Crippen molar-refractivity contribution in [1.29, 1.82) is 0 Å². The number of carbonyl (C=O) groups is 1. The molecule has 4 heteroatoms. The summed E-state index contributed by atoms with van der Waals surface area (Å²) in [6.45, 7) is 2.26. The van der Waals surface area contributed by atoms with Gasteiger partial charge in [0.15, 0.2) is 0 Å². The maximum Gasteiger partial charge on any atom is 0.318 e. The van der Waals surface area contributed by atoms with Crippen molar-refractivity contribution in [2.45, 2.75) is 44.9 Å². The number of hydrogen-bond donors (Lipinski definition) is 1. The van der Waals surface area contributed by atoms with Gasteiger partial charge in [-0.05, 0) is 42.7 Å². The summed E-state index contributed by atoms with van der Waals surface area (Å²) in [5, 5.41) is 3.11. The van der Waals surface area contributed by atoms with E-state index in [1.807, 2.05) is 17.0 Å². The van der Waals surface area contributed by atoms with Gasteiger partial charge in [0.25, 0.3) is 0 Å². The molecule has 4 nitrogen and oxygen atoms in total. The monoisotopic (exact) mass is 288 g/mol. The van der Waals surface area contributed by atoms with Crippen molar-refractivity contribution >= 4 is 6.03 Å². The average Bonchev–Trinajstić information content (AvgIpc) is 2.97. The molecule has 1 heterocycles. The molecule has 0 spiro atoms. The van der Waals surface area contributed by atoms with Crippen LogP contribution in [0.4, 0.5) is 4.79 Å². The smallest absolute Gasteiger partial charge is 0.318 e. The van der Waals surface area contributed by atoms with Crippen LogP contribution in [-0.4, -0.2) is 30.7 Å². The van der Waals surface area contributed by atoms with Crippen LogP contribution in [0.3, 0.4) is 0 Å². The van der Waals surface area contributed by atoms with Gasteiger partial charge in [-0.2, -0.15) is 0 Å². The Kier molecular flexibility index (Phi) is 4.44. The van der Waals surface area contributed by atoms with Crippen LogP contribution in [0.1, 0.15) is 36.8 Å². The molecule has 0 aromatic heterocycles. The number of fused-ring (bicyclic) bond motifs is 1. The van der Waals surface area contributed by atoms with Crippen molar-refractivity contribution in [1.82, 2.24) is 10.2 Å². The lowest BCUT2D eigenvalue weighted by molar-refractivity contribution is 0.0569. The Bertz CT molecular complexity index is 470. The number of nitrogens with zero attached hydrogens (tertiary/aromatic N) is 1. The number of carbonyl (C=O) groups excluding carboxylic acids is 1. The molecular formula is C17H24N2O2. The van der Waals surface area contributed by atoms with Crippen LogP contribution in [0, 0.1) is 5.92 Å². The Balaban J connectivity index is 1.44. The molecule has 1 fully saturated rings. The normalized spacial score (nSPS) is 24.7.